The number of carbonyl (C=O) groups excluding carboxylic acids is 4. The maximum atomic E-state index is 13.7. The van der Waals surface area contributed by atoms with Crippen LogP contribution >= 0.6 is 0 Å². The molecule has 1 aromatic heterocycles. The molecule has 2 N–H and O–H groups in total. The van der Waals surface area contributed by atoms with Crippen LogP contribution < -0.4 is 5.32 Å². The van der Waals surface area contributed by atoms with Gasteiger partial charge in [0.1, 0.15) is 5.69 Å². The number of aliphatic carboxylic acids is 1. The molecule has 1 saturated heterocycles. The number of hydrogen-bond donors (Lipinski definition) is 2. The molecule has 0 unspecified atom stereocenters. The minimum Gasteiger partial charge on any atom is -0.509 e. The van der Waals surface area contributed by atoms with E-state index in [1.165, 1.54) is 18.6 Å². The number of ketones is 1. The molecule has 13 heteroatoms. The Bertz CT molecular complexity index is 1210. The third-order valence-electron chi connectivity index (χ3n) is 6.46. The van der Waals surface area contributed by atoms with Crippen LogP contribution in [0.25, 0.3) is 0 Å². The van der Waals surface area contributed by atoms with Crippen LogP contribution in [0.2, 0.25) is 5.82 Å². The zero-order chi connectivity index (χ0) is 29.3. The number of rotatable bonds is 13. The Morgan fingerprint density at radius 2 is 1.90 bits per heavy atom. The van der Waals surface area contributed by atoms with Crippen LogP contribution in [0.1, 0.15) is 55.6 Å². The topological polar surface area (TPSA) is 171 Å². The lowest BCUT2D eigenvalue weighted by molar-refractivity contribution is -0.175. The number of carboxylic acids is 1. The lowest BCUT2D eigenvalue weighted by Gasteiger charge is -2.38. The number of methoxy groups -OCH3 is 1. The molecule has 212 valence electrons. The summed E-state index contributed by atoms with van der Waals surface area (Å²) in [5.74, 6) is -5.00. The lowest BCUT2D eigenvalue weighted by Crippen LogP contribution is -2.56. The zero-order valence-electron chi connectivity index (χ0n) is 22.6. The summed E-state index contributed by atoms with van der Waals surface area (Å²) in [7, 11) is -0.319. The number of esters is 1. The molecule has 1 aliphatic rings. The van der Waals surface area contributed by atoms with Crippen molar-refractivity contribution in [3.8, 4) is 0 Å². The highest BCUT2D eigenvalue weighted by Crippen LogP contribution is 2.36. The Morgan fingerprint density at radius 3 is 2.50 bits per heavy atom. The molecule has 0 aliphatic carbocycles. The van der Waals surface area contributed by atoms with E-state index in [4.69, 9.17) is 9.31 Å². The smallest absolute Gasteiger partial charge is 0.509 e. The number of hydrogen-bond acceptors (Lipinski definition) is 10. The summed E-state index contributed by atoms with van der Waals surface area (Å²) in [5, 5.41) is 12.6. The second-order valence-corrected chi connectivity index (χ2v) is 10.1. The van der Waals surface area contributed by atoms with Crippen molar-refractivity contribution in [1.82, 2.24) is 15.3 Å². The number of benzene rings is 1. The van der Waals surface area contributed by atoms with Gasteiger partial charge in [0.05, 0.1) is 32.2 Å². The summed E-state index contributed by atoms with van der Waals surface area (Å²) >= 11 is 0. The van der Waals surface area contributed by atoms with E-state index >= 15 is 0 Å². The maximum Gasteiger partial charge on any atom is 0.531 e. The summed E-state index contributed by atoms with van der Waals surface area (Å²) in [6.45, 7) is 3.77. The van der Waals surface area contributed by atoms with Crippen LogP contribution in [-0.2, 0) is 39.6 Å². The summed E-state index contributed by atoms with van der Waals surface area (Å²) in [6.07, 6.45) is 2.95. The Hall–Kier alpha value is -4.13. The fourth-order valence-corrected chi connectivity index (χ4v) is 4.54. The van der Waals surface area contributed by atoms with Gasteiger partial charge >= 0.3 is 19.1 Å². The van der Waals surface area contributed by atoms with Gasteiger partial charge in [0.15, 0.2) is 11.4 Å². The SMILES string of the molecule is COC(=O)C[C@@]1(C(=O)O)CC(=O)OB([C@@H](CC(=O)[C@H](Cc2ccccc2)NC(=O)c2cnccn2)CC(C)C)O1. The standard InChI is InChI=1S/C27H32BN3O9/c1-17(2)11-19(28-39-24(34)15-27(40-28,26(36)37)14-23(33)38-3)13-22(32)20(12-18-7-5-4-6-8-18)31-25(35)21-16-29-9-10-30-21/h4-10,16-17,19-20H,11-15H2,1-3H3,(H,31,35)(H,36,37)/t19-,20+,27+/m1/s1. The molecule has 2 aromatic rings. The van der Waals surface area contributed by atoms with Crippen molar-refractivity contribution in [2.24, 2.45) is 5.92 Å². The summed E-state index contributed by atoms with van der Waals surface area (Å²) in [5.41, 5.74) is -1.37. The zero-order valence-corrected chi connectivity index (χ0v) is 22.6. The van der Waals surface area contributed by atoms with Gasteiger partial charge in [-0.05, 0) is 24.3 Å². The van der Waals surface area contributed by atoms with E-state index < -0.39 is 61.2 Å². The Kier molecular flexibility index (Phi) is 10.5. The predicted molar refractivity (Wildman–Crippen MR) is 141 cm³/mol. The van der Waals surface area contributed by atoms with E-state index in [-0.39, 0.29) is 30.2 Å². The van der Waals surface area contributed by atoms with Gasteiger partial charge in [0, 0.05) is 24.6 Å². The van der Waals surface area contributed by atoms with Gasteiger partial charge in [-0.25, -0.2) is 9.78 Å². The molecule has 1 fully saturated rings. The number of Topliss-reactive ketones (excluding diaryl/α,β-unsaturated/α-hetero) is 1. The Morgan fingerprint density at radius 1 is 1.18 bits per heavy atom. The molecule has 40 heavy (non-hydrogen) atoms. The van der Waals surface area contributed by atoms with E-state index in [2.05, 4.69) is 20.0 Å². The van der Waals surface area contributed by atoms with Gasteiger partial charge in [-0.3, -0.25) is 24.2 Å². The molecule has 3 rings (SSSR count). The van der Waals surface area contributed by atoms with Crippen molar-refractivity contribution in [2.75, 3.05) is 7.11 Å². The van der Waals surface area contributed by atoms with Gasteiger partial charge < -0.3 is 24.5 Å². The number of ether oxygens (including phenoxy) is 1. The first-order chi connectivity index (χ1) is 19.0. The monoisotopic (exact) mass is 553 g/mol. The molecule has 0 saturated carbocycles. The Balaban J connectivity index is 1.88. The molecule has 0 spiro atoms. The van der Waals surface area contributed by atoms with Crippen molar-refractivity contribution < 1.29 is 43.1 Å². The fraction of sp³-hybridized carbons (Fsp3) is 0.444. The van der Waals surface area contributed by atoms with Crippen molar-refractivity contribution in [3.05, 3.63) is 60.2 Å². The highest BCUT2D eigenvalue weighted by molar-refractivity contribution is 6.50. The third-order valence-corrected chi connectivity index (χ3v) is 6.46. The quantitative estimate of drug-likeness (QED) is 0.275. The second kappa shape index (κ2) is 13.8. The van der Waals surface area contributed by atoms with Crippen molar-refractivity contribution in [2.45, 2.75) is 63.4 Å². The summed E-state index contributed by atoms with van der Waals surface area (Å²) < 4.78 is 15.8. The normalized spacial score (nSPS) is 18.4. The van der Waals surface area contributed by atoms with E-state index in [0.29, 0.717) is 6.42 Å². The predicted octanol–water partition coefficient (Wildman–Crippen LogP) is 2.03. The number of nitrogens with one attached hydrogen (secondary N) is 1. The van der Waals surface area contributed by atoms with Gasteiger partial charge in [-0.2, -0.15) is 0 Å². The summed E-state index contributed by atoms with van der Waals surface area (Å²) in [4.78, 5) is 71.2. The third kappa shape index (κ3) is 8.19. The molecule has 1 aliphatic heterocycles. The molecular weight excluding hydrogens is 521 g/mol. The Labute approximate surface area is 232 Å². The molecule has 0 bridgehead atoms. The highest BCUT2D eigenvalue weighted by Gasteiger charge is 2.54. The average molecular weight is 553 g/mol. The molecule has 1 aromatic carbocycles. The largest absolute Gasteiger partial charge is 0.531 e. The molecule has 3 atom stereocenters. The van der Waals surface area contributed by atoms with Crippen LogP contribution in [0.5, 0.6) is 0 Å². The molecule has 0 radical (unpaired) electrons. The summed E-state index contributed by atoms with van der Waals surface area (Å²) in [6, 6.07) is 8.11. The second-order valence-electron chi connectivity index (χ2n) is 10.1. The van der Waals surface area contributed by atoms with E-state index in [0.717, 1.165) is 12.7 Å². The molecule has 1 amide bonds. The highest BCUT2D eigenvalue weighted by atomic mass is 16.6. The van der Waals surface area contributed by atoms with Gasteiger partial charge in [0.2, 0.25) is 0 Å². The van der Waals surface area contributed by atoms with Crippen LogP contribution in [0.4, 0.5) is 0 Å². The van der Waals surface area contributed by atoms with Crippen LogP contribution in [0.15, 0.2) is 48.9 Å². The number of amides is 1. The van der Waals surface area contributed by atoms with Gasteiger partial charge in [0.25, 0.3) is 11.9 Å². The number of nitrogens with zero attached hydrogens (tertiary/aromatic N) is 2. The van der Waals surface area contributed by atoms with Crippen molar-refractivity contribution >= 4 is 36.7 Å². The average Bonchev–Trinajstić information content (AvgIpc) is 2.92. The molecule has 12 nitrogen and oxygen atoms in total. The van der Waals surface area contributed by atoms with Gasteiger partial charge in [-0.1, -0.05) is 44.2 Å². The van der Waals surface area contributed by atoms with Crippen molar-refractivity contribution in [1.29, 1.82) is 0 Å². The molecular formula is C27H32BN3O9. The van der Waals surface area contributed by atoms with Gasteiger partial charge in [-0.15, -0.1) is 0 Å². The molecule has 2 heterocycles. The van der Waals surface area contributed by atoms with Crippen LogP contribution in [-0.4, -0.2) is 70.5 Å². The first-order valence-electron chi connectivity index (χ1n) is 12.8. The first kappa shape index (κ1) is 30.4. The number of carboxylic acid groups (broad SMARTS) is 1. The van der Waals surface area contributed by atoms with Crippen LogP contribution in [0, 0.1) is 5.92 Å². The fourth-order valence-electron chi connectivity index (χ4n) is 4.54. The minimum absolute atomic E-state index is 0.00335. The van der Waals surface area contributed by atoms with Crippen molar-refractivity contribution in [3.63, 3.8) is 0 Å². The minimum atomic E-state index is -2.20. The van der Waals surface area contributed by atoms with E-state index in [1.54, 1.807) is 0 Å². The maximum absolute atomic E-state index is 13.7. The number of aromatic nitrogens is 2. The van der Waals surface area contributed by atoms with E-state index in [1.807, 2.05) is 44.2 Å². The number of carbonyl (C=O) groups is 5. The lowest BCUT2D eigenvalue weighted by atomic mass is 9.63. The van der Waals surface area contributed by atoms with E-state index in [9.17, 15) is 29.1 Å². The first-order valence-corrected chi connectivity index (χ1v) is 12.8. The van der Waals surface area contributed by atoms with Crippen LogP contribution in [0.3, 0.4) is 0 Å².